The molecule has 1 atom stereocenters. The number of ether oxygens (including phenoxy) is 1. The van der Waals surface area contributed by atoms with Crippen LogP contribution < -0.4 is 21.9 Å². The standard InChI is InChI=1S/C21H13F4N5O.C21H20FN5O3S/c22-16-9-12(5-6-14(16)13-10-28-19(26)29-11-13)15-3-1-2-4-17(15)31-20-27-8-7-18(30-20)21(23,24)25;22-18-9-13(5-6-16(18)15-10-25-21(24)26-11-15)17-3-1-2-4-19(17)31(29,30)27-8-7-14(12-27)20(23)28/h1-11H,(H2,26,28,29);1-6,9-11,14H,7-8,12H2,(H2,23,28)(H2,24,25,26)/t;14-/m.1/s1. The third-order valence-corrected chi connectivity index (χ3v) is 11.5. The van der Waals surface area contributed by atoms with Gasteiger partial charge >= 0.3 is 12.2 Å². The van der Waals surface area contributed by atoms with Crippen molar-refractivity contribution in [3.8, 4) is 56.3 Å². The average molecular weight is 869 g/mol. The molecule has 1 aliphatic heterocycles. The lowest BCUT2D eigenvalue weighted by molar-refractivity contribution is -0.141. The van der Waals surface area contributed by atoms with E-state index in [2.05, 4.69) is 29.9 Å². The summed E-state index contributed by atoms with van der Waals surface area (Å²) >= 11 is 0. The smallest absolute Gasteiger partial charge is 0.424 e. The van der Waals surface area contributed by atoms with Crippen molar-refractivity contribution < 1.29 is 39.9 Å². The van der Waals surface area contributed by atoms with Gasteiger partial charge in [0.1, 0.15) is 17.4 Å². The second-order valence-electron chi connectivity index (χ2n) is 13.6. The largest absolute Gasteiger partial charge is 0.433 e. The number of hydrogen-bond donors (Lipinski definition) is 3. The van der Waals surface area contributed by atoms with Crippen molar-refractivity contribution in [3.05, 3.63) is 139 Å². The Morgan fingerprint density at radius 3 is 1.76 bits per heavy atom. The molecule has 1 fully saturated rings. The van der Waals surface area contributed by atoms with Gasteiger partial charge in [0, 0.05) is 77.5 Å². The lowest BCUT2D eigenvalue weighted by Crippen LogP contribution is -2.32. The van der Waals surface area contributed by atoms with Crippen LogP contribution in [0.2, 0.25) is 0 Å². The number of sulfonamides is 1. The van der Waals surface area contributed by atoms with Crippen molar-refractivity contribution in [1.82, 2.24) is 34.2 Å². The molecule has 1 amide bonds. The predicted octanol–water partition coefficient (Wildman–Crippen LogP) is 7.16. The Morgan fingerprint density at radius 1 is 0.694 bits per heavy atom. The van der Waals surface area contributed by atoms with E-state index >= 15 is 0 Å². The number of carbonyl (C=O) groups is 1. The number of nitrogen functional groups attached to an aromatic ring is 2. The fraction of sp³-hybridized carbons (Fsp3) is 0.119. The highest BCUT2D eigenvalue weighted by Crippen LogP contribution is 2.37. The Balaban J connectivity index is 0.000000186. The first-order chi connectivity index (χ1) is 29.6. The SMILES string of the molecule is NC(=O)[C@@H]1CCN(S(=O)(=O)c2ccccc2-c2ccc(-c3cnc(N)nc3)c(F)c2)C1.Nc1ncc(-c2ccc(-c3ccccc3Oc3nccc(C(F)(F)F)n3)cc2F)cn1. The van der Waals surface area contributed by atoms with Crippen LogP contribution in [0, 0.1) is 17.6 Å². The van der Waals surface area contributed by atoms with E-state index < -0.39 is 51.4 Å². The molecule has 7 aromatic rings. The first-order valence-corrected chi connectivity index (χ1v) is 19.8. The summed E-state index contributed by atoms with van der Waals surface area (Å²) < 4.78 is 102. The van der Waals surface area contributed by atoms with Crippen molar-refractivity contribution in [1.29, 1.82) is 0 Å². The lowest BCUT2D eigenvalue weighted by Gasteiger charge is -2.19. The molecule has 8 rings (SSSR count). The van der Waals surface area contributed by atoms with Crippen molar-refractivity contribution >= 4 is 27.8 Å². The molecule has 0 saturated carbocycles. The summed E-state index contributed by atoms with van der Waals surface area (Å²) in [5.74, 6) is -1.80. The van der Waals surface area contributed by atoms with Crippen LogP contribution in [-0.4, -0.2) is 61.6 Å². The Labute approximate surface area is 350 Å². The van der Waals surface area contributed by atoms with E-state index in [1.165, 1.54) is 59.4 Å². The van der Waals surface area contributed by atoms with Crippen LogP contribution in [0.3, 0.4) is 0 Å². The molecule has 0 radical (unpaired) electrons. The van der Waals surface area contributed by atoms with Gasteiger partial charge in [0.15, 0.2) is 5.69 Å². The van der Waals surface area contributed by atoms with Gasteiger partial charge in [0.2, 0.25) is 27.8 Å². The van der Waals surface area contributed by atoms with Crippen LogP contribution in [0.15, 0.2) is 127 Å². The minimum atomic E-state index is -4.63. The molecule has 14 nitrogen and oxygen atoms in total. The highest BCUT2D eigenvalue weighted by Gasteiger charge is 2.36. The van der Waals surface area contributed by atoms with Gasteiger partial charge in [-0.1, -0.05) is 60.7 Å². The van der Waals surface area contributed by atoms with E-state index in [1.54, 1.807) is 54.6 Å². The molecule has 0 unspecified atom stereocenters. The molecule has 6 N–H and O–H groups in total. The first kappa shape index (κ1) is 42.7. The van der Waals surface area contributed by atoms with Gasteiger partial charge in [-0.05, 0) is 47.9 Å². The molecule has 62 heavy (non-hydrogen) atoms. The van der Waals surface area contributed by atoms with Gasteiger partial charge in [-0.3, -0.25) is 4.79 Å². The number of nitrogens with zero attached hydrogens (tertiary/aromatic N) is 7. The number of halogens is 5. The van der Waals surface area contributed by atoms with Crippen LogP contribution in [0.1, 0.15) is 12.1 Å². The summed E-state index contributed by atoms with van der Waals surface area (Å²) in [5.41, 5.74) is 18.2. The fourth-order valence-corrected chi connectivity index (χ4v) is 8.19. The summed E-state index contributed by atoms with van der Waals surface area (Å²) in [4.78, 5) is 34.1. The lowest BCUT2D eigenvalue weighted by atomic mass is 10.0. The van der Waals surface area contributed by atoms with Crippen molar-refractivity contribution in [2.24, 2.45) is 11.7 Å². The predicted molar refractivity (Wildman–Crippen MR) is 218 cm³/mol. The van der Waals surface area contributed by atoms with Gasteiger partial charge in [-0.2, -0.15) is 22.5 Å². The summed E-state index contributed by atoms with van der Waals surface area (Å²) in [5, 5.41) is 0. The van der Waals surface area contributed by atoms with Crippen LogP contribution in [0.5, 0.6) is 11.8 Å². The Hall–Kier alpha value is -7.45. The average Bonchev–Trinajstić information content (AvgIpc) is 3.77. The molecule has 3 aromatic heterocycles. The summed E-state index contributed by atoms with van der Waals surface area (Å²) in [7, 11) is -3.89. The zero-order valence-corrected chi connectivity index (χ0v) is 32.9. The molecule has 4 aromatic carbocycles. The number of aromatic nitrogens is 6. The second-order valence-corrected chi connectivity index (χ2v) is 15.5. The van der Waals surface area contributed by atoms with Gasteiger partial charge < -0.3 is 21.9 Å². The Morgan fingerprint density at radius 2 is 1.23 bits per heavy atom. The van der Waals surface area contributed by atoms with Crippen molar-refractivity contribution in [2.75, 3.05) is 24.6 Å². The zero-order valence-electron chi connectivity index (χ0n) is 32.0. The minimum absolute atomic E-state index is 0.0381. The van der Waals surface area contributed by atoms with E-state index in [4.69, 9.17) is 21.9 Å². The van der Waals surface area contributed by atoms with E-state index in [-0.39, 0.29) is 46.8 Å². The fourth-order valence-electron chi connectivity index (χ4n) is 6.48. The number of amides is 1. The molecule has 0 spiro atoms. The van der Waals surface area contributed by atoms with Crippen molar-refractivity contribution in [3.63, 3.8) is 0 Å². The topological polar surface area (TPSA) is 219 Å². The number of alkyl halides is 3. The number of para-hydroxylation sites is 1. The maximum absolute atomic E-state index is 14.9. The Bertz CT molecular complexity index is 2870. The molecule has 1 saturated heterocycles. The van der Waals surface area contributed by atoms with E-state index in [0.29, 0.717) is 39.8 Å². The number of rotatable bonds is 9. The molecule has 1 aliphatic rings. The summed E-state index contributed by atoms with van der Waals surface area (Å²) in [6.45, 7) is 0.241. The minimum Gasteiger partial charge on any atom is -0.424 e. The van der Waals surface area contributed by atoms with Crippen molar-refractivity contribution in [2.45, 2.75) is 17.5 Å². The molecular formula is C42H33F5N10O4S. The van der Waals surface area contributed by atoms with Crippen LogP contribution in [0.25, 0.3) is 44.5 Å². The molecular weight excluding hydrogens is 836 g/mol. The number of carbonyl (C=O) groups excluding carboxylic acids is 1. The maximum Gasteiger partial charge on any atom is 0.433 e. The number of hydrogen-bond acceptors (Lipinski definition) is 12. The highest BCUT2D eigenvalue weighted by molar-refractivity contribution is 7.89. The third-order valence-electron chi connectivity index (χ3n) is 9.60. The van der Waals surface area contributed by atoms with Gasteiger partial charge in [0.25, 0.3) is 0 Å². The molecule has 20 heteroatoms. The van der Waals surface area contributed by atoms with Gasteiger partial charge in [-0.25, -0.2) is 42.1 Å². The highest BCUT2D eigenvalue weighted by atomic mass is 32.2. The van der Waals surface area contributed by atoms with E-state index in [0.717, 1.165) is 12.3 Å². The van der Waals surface area contributed by atoms with Crippen LogP contribution in [-0.2, 0) is 21.0 Å². The number of benzene rings is 4. The van der Waals surface area contributed by atoms with Crippen LogP contribution in [0.4, 0.5) is 33.8 Å². The number of anilines is 2. The monoisotopic (exact) mass is 868 g/mol. The quantitative estimate of drug-likeness (QED) is 0.123. The van der Waals surface area contributed by atoms with Crippen LogP contribution >= 0.6 is 0 Å². The zero-order chi connectivity index (χ0) is 44.2. The molecule has 0 aliphatic carbocycles. The second kappa shape index (κ2) is 17.6. The molecule has 316 valence electrons. The van der Waals surface area contributed by atoms with Gasteiger partial charge in [0.05, 0.1) is 10.8 Å². The molecule has 0 bridgehead atoms. The van der Waals surface area contributed by atoms with Gasteiger partial charge in [-0.15, -0.1) is 0 Å². The number of nitrogens with two attached hydrogens (primary N) is 3. The maximum atomic E-state index is 14.9. The van der Waals surface area contributed by atoms with E-state index in [1.807, 2.05) is 0 Å². The third kappa shape index (κ3) is 9.45. The summed E-state index contributed by atoms with van der Waals surface area (Å²) in [6, 6.07) is 22.1. The first-order valence-electron chi connectivity index (χ1n) is 18.4. The number of primary amides is 1. The summed E-state index contributed by atoms with van der Waals surface area (Å²) in [6.07, 6.45) is 2.35. The Kier molecular flexibility index (Phi) is 12.1. The normalized spacial score (nSPS) is 14.2. The molecule has 4 heterocycles. The van der Waals surface area contributed by atoms with E-state index in [9.17, 15) is 35.2 Å².